The molecule has 0 amide bonds. The zero-order valence-electron chi connectivity index (χ0n) is 8.41. The number of fused-ring (bicyclic) bond motifs is 1. The molecule has 0 spiro atoms. The summed E-state index contributed by atoms with van der Waals surface area (Å²) in [7, 11) is 0. The van der Waals surface area contributed by atoms with E-state index in [1.807, 2.05) is 19.9 Å². The maximum atomic E-state index is 5.58. The molecule has 0 aliphatic heterocycles. The van der Waals surface area contributed by atoms with Gasteiger partial charge in [-0.25, -0.2) is 9.97 Å². The second-order valence-electron chi connectivity index (χ2n) is 3.59. The smallest absolute Gasteiger partial charge is 0.177 e. The number of nitrogens with zero attached hydrogens (tertiary/aromatic N) is 2. The fourth-order valence-corrected chi connectivity index (χ4v) is 1.40. The van der Waals surface area contributed by atoms with Crippen molar-refractivity contribution in [2.24, 2.45) is 5.73 Å². The van der Waals surface area contributed by atoms with Crippen molar-refractivity contribution in [3.8, 4) is 0 Å². The van der Waals surface area contributed by atoms with Crippen molar-refractivity contribution in [3.05, 3.63) is 23.7 Å². The Bertz CT molecular complexity index is 446. The van der Waals surface area contributed by atoms with Gasteiger partial charge in [0.15, 0.2) is 5.65 Å². The molecule has 0 fully saturated rings. The van der Waals surface area contributed by atoms with Gasteiger partial charge in [0, 0.05) is 18.7 Å². The molecular formula is C10H14N4. The van der Waals surface area contributed by atoms with Gasteiger partial charge < -0.3 is 10.7 Å². The zero-order valence-corrected chi connectivity index (χ0v) is 8.41. The van der Waals surface area contributed by atoms with Crippen LogP contribution in [-0.2, 0) is 0 Å². The number of aromatic amines is 1. The van der Waals surface area contributed by atoms with E-state index in [0.717, 1.165) is 22.6 Å². The molecule has 2 aromatic heterocycles. The van der Waals surface area contributed by atoms with E-state index in [4.69, 9.17) is 5.73 Å². The summed E-state index contributed by atoms with van der Waals surface area (Å²) >= 11 is 0. The molecule has 4 nitrogen and oxygen atoms in total. The molecule has 0 bridgehead atoms. The van der Waals surface area contributed by atoms with Crippen molar-refractivity contribution >= 4 is 11.2 Å². The maximum Gasteiger partial charge on any atom is 0.177 e. The van der Waals surface area contributed by atoms with Gasteiger partial charge in [0.1, 0.15) is 5.82 Å². The molecule has 0 aliphatic carbocycles. The van der Waals surface area contributed by atoms with Crippen molar-refractivity contribution in [1.29, 1.82) is 0 Å². The van der Waals surface area contributed by atoms with Gasteiger partial charge in [-0.2, -0.15) is 0 Å². The molecule has 0 saturated carbocycles. The predicted molar refractivity (Wildman–Crippen MR) is 56.1 cm³/mol. The molecule has 2 heterocycles. The number of hydrogen-bond acceptors (Lipinski definition) is 3. The van der Waals surface area contributed by atoms with Crippen LogP contribution in [0.2, 0.25) is 0 Å². The molecule has 0 saturated heterocycles. The standard InChI is InChI=1S/C10H14N4/c1-6-3-4-12-10-8(6)13-9(14-10)7(2)5-11/h3-4,7H,5,11H2,1-2H3,(H,12,13,14). The van der Waals surface area contributed by atoms with Crippen molar-refractivity contribution in [2.75, 3.05) is 6.54 Å². The summed E-state index contributed by atoms with van der Waals surface area (Å²) in [6, 6.07) is 1.97. The Morgan fingerprint density at radius 2 is 2.36 bits per heavy atom. The Morgan fingerprint density at radius 3 is 3.00 bits per heavy atom. The van der Waals surface area contributed by atoms with E-state index in [0.29, 0.717) is 6.54 Å². The zero-order chi connectivity index (χ0) is 10.1. The number of H-pyrrole nitrogens is 1. The number of aromatic nitrogens is 3. The van der Waals surface area contributed by atoms with Gasteiger partial charge in [-0.05, 0) is 18.6 Å². The summed E-state index contributed by atoms with van der Waals surface area (Å²) in [6.07, 6.45) is 1.77. The number of aryl methyl sites for hydroxylation is 1. The summed E-state index contributed by atoms with van der Waals surface area (Å²) in [5.74, 6) is 1.17. The SMILES string of the molecule is Cc1ccnc2nc(C(C)CN)[nH]c12. The van der Waals surface area contributed by atoms with Gasteiger partial charge in [-0.3, -0.25) is 0 Å². The molecule has 4 heteroatoms. The van der Waals surface area contributed by atoms with Gasteiger partial charge in [0.25, 0.3) is 0 Å². The number of rotatable bonds is 2. The van der Waals surface area contributed by atoms with E-state index in [1.165, 1.54) is 0 Å². The molecule has 3 N–H and O–H groups in total. The highest BCUT2D eigenvalue weighted by Gasteiger charge is 2.10. The number of nitrogens with one attached hydrogen (secondary N) is 1. The minimum absolute atomic E-state index is 0.253. The number of nitrogens with two attached hydrogens (primary N) is 1. The van der Waals surface area contributed by atoms with E-state index in [-0.39, 0.29) is 5.92 Å². The van der Waals surface area contributed by atoms with E-state index in [2.05, 4.69) is 15.0 Å². The van der Waals surface area contributed by atoms with Crippen molar-refractivity contribution < 1.29 is 0 Å². The lowest BCUT2D eigenvalue weighted by Gasteiger charge is -2.01. The molecule has 0 aliphatic rings. The van der Waals surface area contributed by atoms with Gasteiger partial charge in [0.2, 0.25) is 0 Å². The maximum absolute atomic E-state index is 5.58. The summed E-state index contributed by atoms with van der Waals surface area (Å²) in [5, 5.41) is 0. The van der Waals surface area contributed by atoms with E-state index in [9.17, 15) is 0 Å². The van der Waals surface area contributed by atoms with Crippen LogP contribution in [0, 0.1) is 6.92 Å². The average Bonchev–Trinajstić information content (AvgIpc) is 2.62. The highest BCUT2D eigenvalue weighted by Crippen LogP contribution is 2.17. The first kappa shape index (κ1) is 9.15. The van der Waals surface area contributed by atoms with Gasteiger partial charge in [0.05, 0.1) is 5.52 Å². The third-order valence-electron chi connectivity index (χ3n) is 2.44. The Hall–Kier alpha value is -1.42. The van der Waals surface area contributed by atoms with Crippen molar-refractivity contribution in [2.45, 2.75) is 19.8 Å². The minimum atomic E-state index is 0.253. The van der Waals surface area contributed by atoms with Crippen LogP contribution in [0.4, 0.5) is 0 Å². The number of pyridine rings is 1. The monoisotopic (exact) mass is 190 g/mol. The third-order valence-corrected chi connectivity index (χ3v) is 2.44. The molecule has 1 unspecified atom stereocenters. The molecule has 2 aromatic rings. The highest BCUT2D eigenvalue weighted by molar-refractivity contribution is 5.74. The van der Waals surface area contributed by atoms with Gasteiger partial charge >= 0.3 is 0 Å². The lowest BCUT2D eigenvalue weighted by atomic mass is 10.2. The third kappa shape index (κ3) is 1.37. The lowest BCUT2D eigenvalue weighted by Crippen LogP contribution is -2.10. The second kappa shape index (κ2) is 3.38. The van der Waals surface area contributed by atoms with Gasteiger partial charge in [-0.15, -0.1) is 0 Å². The van der Waals surface area contributed by atoms with Crippen LogP contribution in [0.1, 0.15) is 24.2 Å². The Balaban J connectivity index is 2.56. The first-order valence-corrected chi connectivity index (χ1v) is 4.73. The van der Waals surface area contributed by atoms with Crippen LogP contribution >= 0.6 is 0 Å². The fraction of sp³-hybridized carbons (Fsp3) is 0.400. The van der Waals surface area contributed by atoms with Crippen LogP contribution in [0.25, 0.3) is 11.2 Å². The normalized spacial score (nSPS) is 13.4. The van der Waals surface area contributed by atoms with Gasteiger partial charge in [-0.1, -0.05) is 6.92 Å². The first-order chi connectivity index (χ1) is 6.72. The number of imidazole rings is 1. The van der Waals surface area contributed by atoms with E-state index >= 15 is 0 Å². The molecule has 74 valence electrons. The van der Waals surface area contributed by atoms with E-state index in [1.54, 1.807) is 6.20 Å². The lowest BCUT2D eigenvalue weighted by molar-refractivity contribution is 0.727. The van der Waals surface area contributed by atoms with Crippen molar-refractivity contribution in [3.63, 3.8) is 0 Å². The summed E-state index contributed by atoms with van der Waals surface area (Å²) in [6.45, 7) is 4.69. The molecule has 0 radical (unpaired) electrons. The Morgan fingerprint density at radius 1 is 1.57 bits per heavy atom. The van der Waals surface area contributed by atoms with E-state index < -0.39 is 0 Å². The Kier molecular flexibility index (Phi) is 2.21. The molecule has 1 atom stereocenters. The van der Waals surface area contributed by atoms with Crippen molar-refractivity contribution in [1.82, 2.24) is 15.0 Å². The highest BCUT2D eigenvalue weighted by atomic mass is 15.0. The molecule has 0 aromatic carbocycles. The molecule has 14 heavy (non-hydrogen) atoms. The second-order valence-corrected chi connectivity index (χ2v) is 3.59. The summed E-state index contributed by atoms with van der Waals surface area (Å²) in [5.41, 5.74) is 8.54. The fourth-order valence-electron chi connectivity index (χ4n) is 1.40. The summed E-state index contributed by atoms with van der Waals surface area (Å²) < 4.78 is 0. The largest absolute Gasteiger partial charge is 0.340 e. The first-order valence-electron chi connectivity index (χ1n) is 4.73. The average molecular weight is 190 g/mol. The van der Waals surface area contributed by atoms with Crippen LogP contribution in [0.15, 0.2) is 12.3 Å². The quantitative estimate of drug-likeness (QED) is 0.750. The minimum Gasteiger partial charge on any atom is -0.340 e. The summed E-state index contributed by atoms with van der Waals surface area (Å²) in [4.78, 5) is 11.9. The number of hydrogen-bond donors (Lipinski definition) is 2. The van der Waals surface area contributed by atoms with Crippen LogP contribution < -0.4 is 5.73 Å². The van der Waals surface area contributed by atoms with Crippen LogP contribution in [0.3, 0.4) is 0 Å². The van der Waals surface area contributed by atoms with Crippen LogP contribution in [-0.4, -0.2) is 21.5 Å². The topological polar surface area (TPSA) is 67.6 Å². The molecular weight excluding hydrogens is 176 g/mol. The Labute approximate surface area is 82.6 Å². The predicted octanol–water partition coefficient (Wildman–Crippen LogP) is 1.33. The molecule has 2 rings (SSSR count). The van der Waals surface area contributed by atoms with Crippen LogP contribution in [0.5, 0.6) is 0 Å².